The molecule has 0 saturated heterocycles. The van der Waals surface area contributed by atoms with E-state index in [1.54, 1.807) is 42.5 Å². The molecule has 1 amide bonds. The standard InChI is InChI=1S/C20H15ClN6O3S/c21-14-3-1-4-15(11-14)31(29,30)25-17-6-2-5-16(19(22)28)18(17)12-7-9-13(10-8-12)20-23-26-27-24-20/h1-11,25H,(H2,22,28)(H,23,24,26,27). The van der Waals surface area contributed by atoms with Gasteiger partial charge in [-0.1, -0.05) is 48.0 Å². The summed E-state index contributed by atoms with van der Waals surface area (Å²) in [6.07, 6.45) is 0. The van der Waals surface area contributed by atoms with E-state index >= 15 is 0 Å². The Kier molecular flexibility index (Phi) is 5.40. The maximum atomic E-state index is 12.9. The first kappa shape index (κ1) is 20.5. The number of tetrazole rings is 1. The van der Waals surface area contributed by atoms with Crippen molar-refractivity contribution in [2.45, 2.75) is 4.90 Å². The summed E-state index contributed by atoms with van der Waals surface area (Å²) in [5.74, 6) is -0.294. The van der Waals surface area contributed by atoms with Crippen LogP contribution in [0.3, 0.4) is 0 Å². The number of primary amides is 1. The summed E-state index contributed by atoms with van der Waals surface area (Å²) in [7, 11) is -3.97. The number of carbonyl (C=O) groups excluding carboxylic acids is 1. The van der Waals surface area contributed by atoms with Gasteiger partial charge in [0, 0.05) is 21.7 Å². The molecule has 4 rings (SSSR count). The Morgan fingerprint density at radius 3 is 2.35 bits per heavy atom. The van der Waals surface area contributed by atoms with E-state index in [0.717, 1.165) is 0 Å². The summed E-state index contributed by atoms with van der Waals surface area (Å²) < 4.78 is 28.4. The van der Waals surface area contributed by atoms with Crippen molar-refractivity contribution < 1.29 is 13.2 Å². The van der Waals surface area contributed by atoms with E-state index in [9.17, 15) is 13.2 Å². The van der Waals surface area contributed by atoms with Gasteiger partial charge in [-0.25, -0.2) is 8.42 Å². The van der Waals surface area contributed by atoms with Crippen LogP contribution in [0.1, 0.15) is 10.4 Å². The van der Waals surface area contributed by atoms with Gasteiger partial charge in [-0.2, -0.15) is 5.21 Å². The van der Waals surface area contributed by atoms with Crippen molar-refractivity contribution >= 4 is 33.2 Å². The van der Waals surface area contributed by atoms with Gasteiger partial charge in [-0.15, -0.1) is 10.2 Å². The zero-order valence-electron chi connectivity index (χ0n) is 15.8. The molecule has 0 aliphatic heterocycles. The normalized spacial score (nSPS) is 11.3. The van der Waals surface area contributed by atoms with E-state index in [0.29, 0.717) is 22.5 Å². The lowest BCUT2D eigenvalue weighted by atomic mass is 9.96. The van der Waals surface area contributed by atoms with Crippen LogP contribution < -0.4 is 10.5 Å². The molecule has 3 aromatic carbocycles. The zero-order chi connectivity index (χ0) is 22.0. The van der Waals surface area contributed by atoms with Crippen molar-refractivity contribution in [2.24, 2.45) is 5.73 Å². The van der Waals surface area contributed by atoms with Crippen LogP contribution in [-0.4, -0.2) is 34.9 Å². The smallest absolute Gasteiger partial charge is 0.261 e. The number of amides is 1. The van der Waals surface area contributed by atoms with Crippen molar-refractivity contribution in [3.63, 3.8) is 0 Å². The molecule has 1 heterocycles. The first-order chi connectivity index (χ1) is 14.8. The van der Waals surface area contributed by atoms with E-state index in [2.05, 4.69) is 25.3 Å². The van der Waals surface area contributed by atoms with E-state index in [1.165, 1.54) is 24.3 Å². The Hall–Kier alpha value is -3.76. The molecule has 156 valence electrons. The SMILES string of the molecule is NC(=O)c1cccc(NS(=O)(=O)c2cccc(Cl)c2)c1-c1ccc(-c2nn[nH]n2)cc1. The second kappa shape index (κ2) is 8.17. The maximum absolute atomic E-state index is 12.9. The molecule has 0 aliphatic rings. The number of carbonyl (C=O) groups is 1. The van der Waals surface area contributed by atoms with Gasteiger partial charge < -0.3 is 5.73 Å². The van der Waals surface area contributed by atoms with Gasteiger partial charge in [0.05, 0.1) is 10.6 Å². The molecule has 31 heavy (non-hydrogen) atoms. The van der Waals surface area contributed by atoms with Crippen LogP contribution >= 0.6 is 11.6 Å². The Bertz CT molecular complexity index is 1360. The molecule has 0 fully saturated rings. The molecule has 0 spiro atoms. The van der Waals surface area contributed by atoms with Crippen LogP contribution in [-0.2, 0) is 10.0 Å². The number of anilines is 1. The van der Waals surface area contributed by atoms with Crippen LogP contribution in [0.4, 0.5) is 5.69 Å². The zero-order valence-corrected chi connectivity index (χ0v) is 17.4. The summed E-state index contributed by atoms with van der Waals surface area (Å²) in [4.78, 5) is 12.1. The highest BCUT2D eigenvalue weighted by Gasteiger charge is 2.20. The fourth-order valence-electron chi connectivity index (χ4n) is 3.06. The van der Waals surface area contributed by atoms with Crippen molar-refractivity contribution in [1.82, 2.24) is 20.6 Å². The van der Waals surface area contributed by atoms with Gasteiger partial charge in [0.15, 0.2) is 0 Å². The number of sulfonamides is 1. The summed E-state index contributed by atoms with van der Waals surface area (Å²) in [5, 5.41) is 14.0. The van der Waals surface area contributed by atoms with Crippen LogP contribution in [0.2, 0.25) is 5.02 Å². The summed E-state index contributed by atoms with van der Waals surface area (Å²) >= 11 is 5.93. The fraction of sp³-hybridized carbons (Fsp3) is 0. The van der Waals surface area contributed by atoms with Gasteiger partial charge in [0.25, 0.3) is 10.0 Å². The number of halogens is 1. The molecule has 0 unspecified atom stereocenters. The first-order valence-corrected chi connectivity index (χ1v) is 10.8. The maximum Gasteiger partial charge on any atom is 0.261 e. The first-order valence-electron chi connectivity index (χ1n) is 8.90. The van der Waals surface area contributed by atoms with E-state index in [-0.39, 0.29) is 21.2 Å². The average molecular weight is 455 g/mol. The van der Waals surface area contributed by atoms with Crippen molar-refractivity contribution in [1.29, 1.82) is 0 Å². The monoisotopic (exact) mass is 454 g/mol. The number of nitrogens with two attached hydrogens (primary N) is 1. The minimum absolute atomic E-state index is 0.0112. The Morgan fingerprint density at radius 1 is 1.00 bits per heavy atom. The third-order valence-electron chi connectivity index (χ3n) is 4.46. The molecule has 0 saturated carbocycles. The highest BCUT2D eigenvalue weighted by molar-refractivity contribution is 7.92. The Morgan fingerprint density at radius 2 is 1.71 bits per heavy atom. The van der Waals surface area contributed by atoms with E-state index in [4.69, 9.17) is 17.3 Å². The number of hydrogen-bond acceptors (Lipinski definition) is 6. The molecule has 9 nitrogen and oxygen atoms in total. The largest absolute Gasteiger partial charge is 0.366 e. The number of aromatic amines is 1. The lowest BCUT2D eigenvalue weighted by Gasteiger charge is -2.16. The molecule has 11 heteroatoms. The number of nitrogens with one attached hydrogen (secondary N) is 2. The third kappa shape index (κ3) is 4.25. The molecule has 0 bridgehead atoms. The van der Waals surface area contributed by atoms with Gasteiger partial charge >= 0.3 is 0 Å². The van der Waals surface area contributed by atoms with E-state index in [1.807, 2.05) is 0 Å². The number of nitrogens with zero attached hydrogens (tertiary/aromatic N) is 3. The van der Waals surface area contributed by atoms with Gasteiger partial charge in [0.2, 0.25) is 11.7 Å². The third-order valence-corrected chi connectivity index (χ3v) is 6.06. The fourth-order valence-corrected chi connectivity index (χ4v) is 4.43. The van der Waals surface area contributed by atoms with Gasteiger partial charge in [-0.3, -0.25) is 9.52 Å². The minimum Gasteiger partial charge on any atom is -0.366 e. The lowest BCUT2D eigenvalue weighted by Crippen LogP contribution is -2.17. The molecular weight excluding hydrogens is 440 g/mol. The number of H-pyrrole nitrogens is 1. The predicted octanol–water partition coefficient (Wildman–Crippen LogP) is 3.09. The molecule has 4 N–H and O–H groups in total. The second-order valence-corrected chi connectivity index (χ2v) is 8.59. The highest BCUT2D eigenvalue weighted by Crippen LogP contribution is 2.34. The number of rotatable bonds is 6. The van der Waals surface area contributed by atoms with Crippen LogP contribution in [0.5, 0.6) is 0 Å². The van der Waals surface area contributed by atoms with E-state index < -0.39 is 15.9 Å². The predicted molar refractivity (Wildman–Crippen MR) is 116 cm³/mol. The minimum atomic E-state index is -3.97. The van der Waals surface area contributed by atoms with Gasteiger partial charge in [-0.05, 0) is 41.1 Å². The summed E-state index contributed by atoms with van der Waals surface area (Å²) in [5.41, 5.74) is 7.53. The molecule has 4 aromatic rings. The summed E-state index contributed by atoms with van der Waals surface area (Å²) in [6.45, 7) is 0. The van der Waals surface area contributed by atoms with Crippen LogP contribution in [0.25, 0.3) is 22.5 Å². The van der Waals surface area contributed by atoms with Gasteiger partial charge in [0.1, 0.15) is 0 Å². The Labute approximate surface area is 182 Å². The number of hydrogen-bond donors (Lipinski definition) is 3. The molecular formula is C20H15ClN6O3S. The molecule has 0 aliphatic carbocycles. The Balaban J connectivity index is 1.80. The highest BCUT2D eigenvalue weighted by atomic mass is 35.5. The second-order valence-electron chi connectivity index (χ2n) is 6.47. The molecule has 1 aromatic heterocycles. The summed E-state index contributed by atoms with van der Waals surface area (Å²) in [6, 6.07) is 17.4. The van der Waals surface area contributed by atoms with Crippen molar-refractivity contribution in [2.75, 3.05) is 4.72 Å². The number of benzene rings is 3. The molecule has 0 atom stereocenters. The van der Waals surface area contributed by atoms with Crippen LogP contribution in [0, 0.1) is 0 Å². The van der Waals surface area contributed by atoms with Crippen molar-refractivity contribution in [3.05, 3.63) is 77.3 Å². The quantitative estimate of drug-likeness (QED) is 0.408. The average Bonchev–Trinajstić information content (AvgIpc) is 3.28. The lowest BCUT2D eigenvalue weighted by molar-refractivity contribution is 0.100. The number of aromatic nitrogens is 4. The topological polar surface area (TPSA) is 144 Å². The molecule has 0 radical (unpaired) electrons. The van der Waals surface area contributed by atoms with Crippen LogP contribution in [0.15, 0.2) is 71.6 Å². The van der Waals surface area contributed by atoms with Crippen molar-refractivity contribution in [3.8, 4) is 22.5 Å².